The Morgan fingerprint density at radius 2 is 2.08 bits per heavy atom. The molecule has 1 aliphatic rings. The van der Waals surface area contributed by atoms with Crippen LogP contribution < -0.4 is 5.32 Å². The fourth-order valence-electron chi connectivity index (χ4n) is 2.05. The number of imide groups is 1. The summed E-state index contributed by atoms with van der Waals surface area (Å²) in [6.07, 6.45) is -1.10. The van der Waals surface area contributed by atoms with Gasteiger partial charge in [-0.25, -0.2) is 4.79 Å². The van der Waals surface area contributed by atoms with E-state index in [0.717, 1.165) is 4.90 Å². The zero-order chi connectivity index (χ0) is 17.9. The van der Waals surface area contributed by atoms with Crippen molar-refractivity contribution >= 4 is 41.1 Å². The molecule has 0 aliphatic carbocycles. The summed E-state index contributed by atoms with van der Waals surface area (Å²) >= 11 is 5.82. The van der Waals surface area contributed by atoms with Gasteiger partial charge in [0.1, 0.15) is 13.1 Å². The van der Waals surface area contributed by atoms with Gasteiger partial charge in [-0.3, -0.25) is 19.3 Å². The summed E-state index contributed by atoms with van der Waals surface area (Å²) < 4.78 is 4.96. The Morgan fingerprint density at radius 1 is 1.38 bits per heavy atom. The number of amides is 4. The molecule has 0 aromatic heterocycles. The van der Waals surface area contributed by atoms with Gasteiger partial charge < -0.3 is 15.0 Å². The normalized spacial score (nSPS) is 15.5. The summed E-state index contributed by atoms with van der Waals surface area (Å²) in [6, 6.07) is 5.92. The third-order valence-electron chi connectivity index (χ3n) is 3.29. The Labute approximate surface area is 143 Å². The summed E-state index contributed by atoms with van der Waals surface area (Å²) in [5.41, 5.74) is 0.460. The van der Waals surface area contributed by atoms with Crippen LogP contribution in [0, 0.1) is 0 Å². The van der Waals surface area contributed by atoms with Crippen LogP contribution in [-0.4, -0.2) is 59.9 Å². The highest BCUT2D eigenvalue weighted by Gasteiger charge is 2.35. The number of rotatable bonds is 5. The van der Waals surface area contributed by atoms with E-state index in [2.05, 4.69) is 5.32 Å². The number of ether oxygens (including phenoxy) is 1. The minimum Gasteiger partial charge on any atom is -0.451 e. The maximum Gasteiger partial charge on any atom is 0.327 e. The predicted octanol–water partition coefficient (Wildman–Crippen LogP) is 1.10. The van der Waals surface area contributed by atoms with E-state index in [1.54, 1.807) is 24.3 Å². The van der Waals surface area contributed by atoms with E-state index in [1.165, 1.54) is 18.9 Å². The van der Waals surface area contributed by atoms with E-state index in [-0.39, 0.29) is 6.54 Å². The number of carbonyl (C=O) groups excluding carboxylic acids is 4. The summed E-state index contributed by atoms with van der Waals surface area (Å²) in [6.45, 7) is 0.769. The highest BCUT2D eigenvalue weighted by Crippen LogP contribution is 2.15. The first-order valence-corrected chi connectivity index (χ1v) is 7.47. The number of carbonyl (C=O) groups is 4. The fraction of sp³-hybridized carbons (Fsp3) is 0.333. The molecule has 8 nitrogen and oxygen atoms in total. The molecule has 0 bridgehead atoms. The van der Waals surface area contributed by atoms with E-state index < -0.39 is 36.5 Å². The van der Waals surface area contributed by atoms with Gasteiger partial charge in [-0.05, 0) is 25.1 Å². The van der Waals surface area contributed by atoms with E-state index >= 15 is 0 Å². The average Bonchev–Trinajstić information content (AvgIpc) is 2.73. The topological polar surface area (TPSA) is 96.0 Å². The van der Waals surface area contributed by atoms with E-state index in [0.29, 0.717) is 10.7 Å². The molecular formula is C15H16ClN3O5. The van der Waals surface area contributed by atoms with Crippen LogP contribution in [0.5, 0.6) is 0 Å². The van der Waals surface area contributed by atoms with Crippen molar-refractivity contribution in [3.8, 4) is 0 Å². The highest BCUT2D eigenvalue weighted by atomic mass is 35.5. The van der Waals surface area contributed by atoms with Crippen molar-refractivity contribution in [2.45, 2.75) is 13.0 Å². The van der Waals surface area contributed by atoms with E-state index in [9.17, 15) is 19.2 Å². The first-order valence-electron chi connectivity index (χ1n) is 7.09. The van der Waals surface area contributed by atoms with Gasteiger partial charge >= 0.3 is 12.0 Å². The average molecular weight is 354 g/mol. The van der Waals surface area contributed by atoms with Gasteiger partial charge in [0.15, 0.2) is 6.10 Å². The van der Waals surface area contributed by atoms with Crippen LogP contribution in [0.4, 0.5) is 10.5 Å². The standard InChI is InChI=1S/C15H16ClN3O5/c1-9(14(22)17-11-5-3-4-10(16)6-11)24-13(21)8-19-12(20)7-18(2)15(19)23/h3-6,9H,7-8H2,1-2H3,(H,17,22)/t9-/m1/s1. The largest absolute Gasteiger partial charge is 0.451 e. The van der Waals surface area contributed by atoms with Crippen molar-refractivity contribution in [2.75, 3.05) is 25.5 Å². The second-order valence-electron chi connectivity index (χ2n) is 5.25. The number of benzene rings is 1. The van der Waals surface area contributed by atoms with Gasteiger partial charge in [-0.15, -0.1) is 0 Å². The van der Waals surface area contributed by atoms with Crippen molar-refractivity contribution in [3.05, 3.63) is 29.3 Å². The number of nitrogens with zero attached hydrogens (tertiary/aromatic N) is 2. The number of hydrogen-bond donors (Lipinski definition) is 1. The molecule has 1 N–H and O–H groups in total. The molecule has 1 aromatic carbocycles. The number of esters is 1. The van der Waals surface area contributed by atoms with Crippen molar-refractivity contribution in [1.29, 1.82) is 0 Å². The molecule has 2 rings (SSSR count). The lowest BCUT2D eigenvalue weighted by atomic mass is 10.3. The molecular weight excluding hydrogens is 338 g/mol. The molecule has 1 atom stereocenters. The van der Waals surface area contributed by atoms with Crippen LogP contribution in [-0.2, 0) is 19.1 Å². The molecule has 1 aliphatic heterocycles. The quantitative estimate of drug-likeness (QED) is 0.631. The van der Waals surface area contributed by atoms with Crippen molar-refractivity contribution in [1.82, 2.24) is 9.80 Å². The van der Waals surface area contributed by atoms with Gasteiger partial charge in [0.25, 0.3) is 11.8 Å². The molecule has 0 spiro atoms. The maximum atomic E-state index is 12.0. The molecule has 0 saturated carbocycles. The van der Waals surface area contributed by atoms with Crippen molar-refractivity contribution < 1.29 is 23.9 Å². The monoisotopic (exact) mass is 353 g/mol. The Balaban J connectivity index is 1.88. The fourth-order valence-corrected chi connectivity index (χ4v) is 2.24. The van der Waals surface area contributed by atoms with Crippen LogP contribution in [0.3, 0.4) is 0 Å². The van der Waals surface area contributed by atoms with Crippen LogP contribution in [0.25, 0.3) is 0 Å². The van der Waals surface area contributed by atoms with Crippen LogP contribution in [0.15, 0.2) is 24.3 Å². The van der Waals surface area contributed by atoms with Crippen LogP contribution in [0.1, 0.15) is 6.92 Å². The van der Waals surface area contributed by atoms with Crippen LogP contribution >= 0.6 is 11.6 Å². The molecule has 1 heterocycles. The lowest BCUT2D eigenvalue weighted by molar-refractivity contribution is -0.154. The van der Waals surface area contributed by atoms with E-state index in [1.807, 2.05) is 0 Å². The first-order chi connectivity index (χ1) is 11.3. The minimum absolute atomic E-state index is 0.0864. The van der Waals surface area contributed by atoms with Gasteiger partial charge in [-0.2, -0.15) is 0 Å². The second kappa shape index (κ2) is 7.31. The molecule has 1 fully saturated rings. The summed E-state index contributed by atoms with van der Waals surface area (Å²) in [7, 11) is 1.45. The Bertz CT molecular complexity index is 693. The van der Waals surface area contributed by atoms with Gasteiger partial charge in [0.05, 0.1) is 0 Å². The smallest absolute Gasteiger partial charge is 0.327 e. The highest BCUT2D eigenvalue weighted by molar-refractivity contribution is 6.30. The number of halogens is 1. The number of likely N-dealkylation sites (N-methyl/N-ethyl adjacent to an activating group) is 1. The maximum absolute atomic E-state index is 12.0. The second-order valence-corrected chi connectivity index (χ2v) is 5.69. The SMILES string of the molecule is C[C@@H](OC(=O)CN1C(=O)CN(C)C1=O)C(=O)Nc1cccc(Cl)c1. The predicted molar refractivity (Wildman–Crippen MR) is 85.4 cm³/mol. The molecule has 0 unspecified atom stereocenters. The Kier molecular flexibility index (Phi) is 5.40. The third-order valence-corrected chi connectivity index (χ3v) is 3.52. The van der Waals surface area contributed by atoms with E-state index in [4.69, 9.17) is 16.3 Å². The van der Waals surface area contributed by atoms with Gasteiger partial charge in [0.2, 0.25) is 0 Å². The zero-order valence-electron chi connectivity index (χ0n) is 13.1. The molecule has 0 radical (unpaired) electrons. The van der Waals surface area contributed by atoms with Crippen molar-refractivity contribution in [3.63, 3.8) is 0 Å². The zero-order valence-corrected chi connectivity index (χ0v) is 13.9. The third kappa shape index (κ3) is 4.23. The molecule has 128 valence electrons. The molecule has 9 heteroatoms. The number of hydrogen-bond acceptors (Lipinski definition) is 5. The Morgan fingerprint density at radius 3 is 2.67 bits per heavy atom. The lowest BCUT2D eigenvalue weighted by Gasteiger charge is -2.16. The molecule has 24 heavy (non-hydrogen) atoms. The summed E-state index contributed by atoms with van der Waals surface area (Å²) in [5.74, 6) is -1.89. The van der Waals surface area contributed by atoms with Gasteiger partial charge in [-0.1, -0.05) is 17.7 Å². The van der Waals surface area contributed by atoms with Crippen LogP contribution in [0.2, 0.25) is 5.02 Å². The number of anilines is 1. The number of urea groups is 1. The minimum atomic E-state index is -1.10. The summed E-state index contributed by atoms with van der Waals surface area (Å²) in [4.78, 5) is 49.1. The summed E-state index contributed by atoms with van der Waals surface area (Å²) in [5, 5.41) is 3.00. The lowest BCUT2D eigenvalue weighted by Crippen LogP contribution is -2.39. The molecule has 1 saturated heterocycles. The Hall–Kier alpha value is -2.61. The van der Waals surface area contributed by atoms with Gasteiger partial charge in [0, 0.05) is 17.8 Å². The first kappa shape index (κ1) is 17.7. The molecule has 1 aromatic rings. The molecule has 4 amide bonds. The number of nitrogens with one attached hydrogen (secondary N) is 1. The van der Waals surface area contributed by atoms with Crippen molar-refractivity contribution in [2.24, 2.45) is 0 Å².